The Morgan fingerprint density at radius 3 is 1.41 bits per heavy atom. The van der Waals surface area contributed by atoms with Gasteiger partial charge in [0.05, 0.1) is 25.4 Å². The first-order valence-corrected chi connectivity index (χ1v) is 26.5. The smallest absolute Gasteiger partial charge is 0.249 e. The van der Waals surface area contributed by atoms with Crippen LogP contribution in [0.1, 0.15) is 226 Å². The van der Waals surface area contributed by atoms with Crippen molar-refractivity contribution in [1.82, 2.24) is 5.32 Å². The Hall–Kier alpha value is -1.89. The van der Waals surface area contributed by atoms with Gasteiger partial charge in [-0.2, -0.15) is 0 Å². The van der Waals surface area contributed by atoms with Crippen molar-refractivity contribution in [2.24, 2.45) is 0 Å². The second-order valence-corrected chi connectivity index (χ2v) is 18.4. The van der Waals surface area contributed by atoms with Crippen LogP contribution in [0.3, 0.4) is 0 Å². The Bertz CT molecular complexity index is 1160. The second kappa shape index (κ2) is 43.7. The minimum absolute atomic E-state index is 0.299. The van der Waals surface area contributed by atoms with Crippen molar-refractivity contribution in [3.63, 3.8) is 0 Å². The summed E-state index contributed by atoms with van der Waals surface area (Å²) in [5, 5.41) is 64.7. The molecule has 10 nitrogen and oxygen atoms in total. The van der Waals surface area contributed by atoms with Gasteiger partial charge >= 0.3 is 0 Å². The topological polar surface area (TPSA) is 169 Å². The molecule has 1 amide bonds. The van der Waals surface area contributed by atoms with Gasteiger partial charge in [-0.05, 0) is 64.2 Å². The molecular formula is C54H99NO9. The van der Waals surface area contributed by atoms with Crippen LogP contribution in [0, 0.1) is 0 Å². The van der Waals surface area contributed by atoms with Gasteiger partial charge in [-0.3, -0.25) is 4.79 Å². The van der Waals surface area contributed by atoms with Crippen LogP contribution in [0.25, 0.3) is 0 Å². The van der Waals surface area contributed by atoms with E-state index in [4.69, 9.17) is 9.47 Å². The molecule has 0 radical (unpaired) electrons. The van der Waals surface area contributed by atoms with Crippen LogP contribution in [0.15, 0.2) is 48.6 Å². The molecule has 0 aromatic carbocycles. The quantitative estimate of drug-likeness (QED) is 0.0232. The molecule has 1 rings (SSSR count). The lowest BCUT2D eigenvalue weighted by atomic mass is 9.99. The van der Waals surface area contributed by atoms with Crippen LogP contribution in [0.4, 0.5) is 0 Å². The SMILES string of the molecule is CCCC/C=C/CC/C=C/CC/C=C/C(O)C(COC1OC(CO)C(O)C(O)C1O)NC(=O)C(O)CCCCCCCCCCCCC/C=C\CCCCCCCCCCCCCC. The zero-order valence-electron chi connectivity index (χ0n) is 40.9. The van der Waals surface area contributed by atoms with E-state index in [1.165, 1.54) is 148 Å². The Balaban J connectivity index is 2.25. The summed E-state index contributed by atoms with van der Waals surface area (Å²) in [4.78, 5) is 13.1. The highest BCUT2D eigenvalue weighted by Gasteiger charge is 2.44. The van der Waals surface area contributed by atoms with Crippen LogP contribution in [-0.2, 0) is 14.3 Å². The van der Waals surface area contributed by atoms with Gasteiger partial charge in [0, 0.05) is 0 Å². The molecule has 1 saturated heterocycles. The van der Waals surface area contributed by atoms with Crippen molar-refractivity contribution in [1.29, 1.82) is 0 Å². The lowest BCUT2D eigenvalue weighted by Gasteiger charge is -2.40. The van der Waals surface area contributed by atoms with Gasteiger partial charge in [0.1, 0.15) is 30.5 Å². The third-order valence-corrected chi connectivity index (χ3v) is 12.5. The van der Waals surface area contributed by atoms with E-state index in [2.05, 4.69) is 55.6 Å². The number of aliphatic hydroxyl groups excluding tert-OH is 6. The molecule has 0 aromatic heterocycles. The number of carbonyl (C=O) groups excluding carboxylic acids is 1. The molecule has 1 aliphatic rings. The first-order chi connectivity index (χ1) is 31.3. The van der Waals surface area contributed by atoms with Crippen LogP contribution in [0.2, 0.25) is 0 Å². The van der Waals surface area contributed by atoms with E-state index < -0.39 is 61.5 Å². The van der Waals surface area contributed by atoms with Crippen molar-refractivity contribution in [3.05, 3.63) is 48.6 Å². The molecule has 0 bridgehead atoms. The summed E-state index contributed by atoms with van der Waals surface area (Å²) >= 11 is 0. The Kier molecular flexibility index (Phi) is 41.0. The Morgan fingerprint density at radius 1 is 0.531 bits per heavy atom. The number of hydrogen-bond acceptors (Lipinski definition) is 9. The minimum atomic E-state index is -1.62. The molecule has 8 unspecified atom stereocenters. The van der Waals surface area contributed by atoms with E-state index in [9.17, 15) is 35.4 Å². The first-order valence-electron chi connectivity index (χ1n) is 26.5. The van der Waals surface area contributed by atoms with Crippen molar-refractivity contribution in [2.75, 3.05) is 13.2 Å². The Labute approximate surface area is 391 Å². The number of nitrogens with one attached hydrogen (secondary N) is 1. The third kappa shape index (κ3) is 32.7. The lowest BCUT2D eigenvalue weighted by Crippen LogP contribution is -2.60. The largest absolute Gasteiger partial charge is 0.394 e. The maximum absolute atomic E-state index is 13.1. The summed E-state index contributed by atoms with van der Waals surface area (Å²) < 4.78 is 11.1. The maximum atomic E-state index is 13.1. The van der Waals surface area contributed by atoms with E-state index in [1.54, 1.807) is 6.08 Å². The fraction of sp³-hybridized carbons (Fsp3) is 0.833. The first kappa shape index (κ1) is 60.1. The average molecular weight is 906 g/mol. The fourth-order valence-corrected chi connectivity index (χ4v) is 8.12. The van der Waals surface area contributed by atoms with Gasteiger partial charge in [-0.15, -0.1) is 0 Å². The molecule has 8 atom stereocenters. The molecule has 0 aliphatic carbocycles. The summed E-state index contributed by atoms with van der Waals surface area (Å²) in [6.45, 7) is 3.54. The summed E-state index contributed by atoms with van der Waals surface area (Å²) in [5.41, 5.74) is 0. The van der Waals surface area contributed by atoms with Gasteiger partial charge in [0.25, 0.3) is 0 Å². The van der Waals surface area contributed by atoms with Gasteiger partial charge in [-0.1, -0.05) is 210 Å². The van der Waals surface area contributed by atoms with E-state index in [0.29, 0.717) is 19.3 Å². The summed E-state index contributed by atoms with van der Waals surface area (Å²) in [7, 11) is 0. The highest BCUT2D eigenvalue weighted by Crippen LogP contribution is 2.23. The zero-order valence-corrected chi connectivity index (χ0v) is 40.9. The summed E-state index contributed by atoms with van der Waals surface area (Å²) in [6.07, 6.45) is 46.5. The number of rotatable bonds is 44. The van der Waals surface area contributed by atoms with Crippen molar-refractivity contribution >= 4 is 5.91 Å². The van der Waals surface area contributed by atoms with Crippen molar-refractivity contribution in [2.45, 2.75) is 275 Å². The van der Waals surface area contributed by atoms with Crippen LogP contribution in [0.5, 0.6) is 0 Å². The molecule has 374 valence electrons. The molecular weight excluding hydrogens is 807 g/mol. The summed E-state index contributed by atoms with van der Waals surface area (Å²) in [6, 6.07) is -1.00. The maximum Gasteiger partial charge on any atom is 0.249 e. The highest BCUT2D eigenvalue weighted by atomic mass is 16.7. The molecule has 1 fully saturated rings. The lowest BCUT2D eigenvalue weighted by molar-refractivity contribution is -0.302. The molecule has 7 N–H and O–H groups in total. The molecule has 0 saturated carbocycles. The van der Waals surface area contributed by atoms with E-state index in [1.807, 2.05) is 6.08 Å². The molecule has 64 heavy (non-hydrogen) atoms. The third-order valence-electron chi connectivity index (χ3n) is 12.5. The average Bonchev–Trinajstić information content (AvgIpc) is 3.29. The molecule has 10 heteroatoms. The van der Waals surface area contributed by atoms with E-state index >= 15 is 0 Å². The number of carbonyl (C=O) groups is 1. The monoisotopic (exact) mass is 906 g/mol. The summed E-state index contributed by atoms with van der Waals surface area (Å²) in [5.74, 6) is -0.632. The highest BCUT2D eigenvalue weighted by molar-refractivity contribution is 5.80. The minimum Gasteiger partial charge on any atom is -0.394 e. The van der Waals surface area contributed by atoms with Gasteiger partial charge < -0.3 is 45.4 Å². The predicted molar refractivity (Wildman–Crippen MR) is 264 cm³/mol. The number of amides is 1. The van der Waals surface area contributed by atoms with E-state index in [-0.39, 0.29) is 6.61 Å². The van der Waals surface area contributed by atoms with Gasteiger partial charge in [0.2, 0.25) is 5.91 Å². The predicted octanol–water partition coefficient (Wildman–Crippen LogP) is 11.1. The van der Waals surface area contributed by atoms with Crippen LogP contribution in [-0.4, -0.2) is 98.7 Å². The standard InChI is InChI=1S/C54H99NO9/c1-3-5-7-9-11-13-15-17-18-19-20-21-22-23-24-25-26-27-28-29-30-31-33-35-37-39-41-43-48(58)53(62)55-46(45-63-54-52(61)51(60)50(59)49(44-56)64-54)47(57)42-40-38-36-34-32-16-14-12-10-8-6-4-2/h10,12,23-24,32,34,40,42,46-52,54,56-61H,3-9,11,13-22,25-31,33,35-39,41,43-45H2,1-2H3,(H,55,62)/b12-10+,24-23-,34-32+,42-40+. The molecule has 0 aromatic rings. The zero-order chi connectivity index (χ0) is 46.7. The van der Waals surface area contributed by atoms with Crippen molar-refractivity contribution < 1.29 is 44.9 Å². The number of aliphatic hydroxyl groups is 6. The number of unbranched alkanes of at least 4 members (excludes halogenated alkanes) is 27. The second-order valence-electron chi connectivity index (χ2n) is 18.4. The van der Waals surface area contributed by atoms with Gasteiger partial charge in [0.15, 0.2) is 6.29 Å². The van der Waals surface area contributed by atoms with Gasteiger partial charge in [-0.25, -0.2) is 0 Å². The fourth-order valence-electron chi connectivity index (χ4n) is 8.12. The number of hydrogen-bond donors (Lipinski definition) is 7. The number of ether oxygens (including phenoxy) is 2. The normalized spacial score (nSPS) is 20.9. The van der Waals surface area contributed by atoms with Crippen molar-refractivity contribution in [3.8, 4) is 0 Å². The molecule has 0 spiro atoms. The van der Waals surface area contributed by atoms with Crippen LogP contribution < -0.4 is 5.32 Å². The van der Waals surface area contributed by atoms with E-state index in [0.717, 1.165) is 44.9 Å². The number of allylic oxidation sites excluding steroid dienone is 7. The molecule has 1 heterocycles. The molecule has 1 aliphatic heterocycles. The Morgan fingerprint density at radius 2 is 0.938 bits per heavy atom. The van der Waals surface area contributed by atoms with Crippen LogP contribution >= 0.6 is 0 Å².